The van der Waals surface area contributed by atoms with Crippen molar-refractivity contribution >= 4 is 34.2 Å². The van der Waals surface area contributed by atoms with Crippen molar-refractivity contribution in [2.75, 3.05) is 5.32 Å². The average molecular weight is 291 g/mol. The first kappa shape index (κ1) is 8.98. The summed E-state index contributed by atoms with van der Waals surface area (Å²) in [6.45, 7) is 0. The fourth-order valence-corrected chi connectivity index (χ4v) is 1.49. The van der Waals surface area contributed by atoms with E-state index in [1.165, 1.54) is 0 Å². The number of anilines is 1. The van der Waals surface area contributed by atoms with E-state index in [9.17, 15) is 4.79 Å². The summed E-state index contributed by atoms with van der Waals surface area (Å²) in [6, 6.07) is 0. The molecule has 0 atom stereocenters. The Morgan fingerprint density at radius 3 is 2.92 bits per heavy atom. The van der Waals surface area contributed by atoms with Gasteiger partial charge in [0.2, 0.25) is 5.91 Å². The van der Waals surface area contributed by atoms with Gasteiger partial charge in [0.25, 0.3) is 0 Å². The fourth-order valence-electron chi connectivity index (χ4n) is 1.09. The van der Waals surface area contributed by atoms with E-state index in [1.807, 2.05) is 7.05 Å². The maximum atomic E-state index is 11.4. The zero-order valence-corrected chi connectivity index (χ0v) is 9.41. The monoisotopic (exact) mass is 291 g/mol. The standard InChI is InChI=1S/C8H10IN3O/c1-12-7(9)6(4-10-12)11-8(13)5-2-3-5/h4-5H,2-3H2,1H3,(H,11,13). The Kier molecular flexibility index (Phi) is 2.27. The molecule has 0 radical (unpaired) electrons. The first-order valence-corrected chi connectivity index (χ1v) is 5.24. The zero-order valence-electron chi connectivity index (χ0n) is 7.25. The minimum absolute atomic E-state index is 0.130. The van der Waals surface area contributed by atoms with E-state index in [4.69, 9.17) is 0 Å². The van der Waals surface area contributed by atoms with E-state index < -0.39 is 0 Å². The van der Waals surface area contributed by atoms with Crippen molar-refractivity contribution < 1.29 is 4.79 Å². The number of nitrogens with zero attached hydrogens (tertiary/aromatic N) is 2. The van der Waals surface area contributed by atoms with Crippen molar-refractivity contribution in [1.82, 2.24) is 9.78 Å². The number of hydrogen-bond donors (Lipinski definition) is 1. The third-order valence-electron chi connectivity index (χ3n) is 2.07. The van der Waals surface area contributed by atoms with Crippen LogP contribution in [0.5, 0.6) is 0 Å². The molecule has 5 heteroatoms. The highest BCUT2D eigenvalue weighted by atomic mass is 127. The number of aromatic nitrogens is 2. The predicted octanol–water partition coefficient (Wildman–Crippen LogP) is 1.37. The molecule has 0 aromatic carbocycles. The summed E-state index contributed by atoms with van der Waals surface area (Å²) < 4.78 is 2.70. The minimum Gasteiger partial charge on any atom is -0.322 e. The largest absolute Gasteiger partial charge is 0.322 e. The van der Waals surface area contributed by atoms with Gasteiger partial charge < -0.3 is 5.32 Å². The second-order valence-electron chi connectivity index (χ2n) is 3.24. The lowest BCUT2D eigenvalue weighted by molar-refractivity contribution is -0.117. The molecule has 1 N–H and O–H groups in total. The zero-order chi connectivity index (χ0) is 9.42. The lowest BCUT2D eigenvalue weighted by atomic mass is 10.4. The fraction of sp³-hybridized carbons (Fsp3) is 0.500. The Morgan fingerprint density at radius 1 is 1.77 bits per heavy atom. The number of hydrogen-bond acceptors (Lipinski definition) is 2. The van der Waals surface area contributed by atoms with Crippen LogP contribution in [0.15, 0.2) is 6.20 Å². The highest BCUT2D eigenvalue weighted by molar-refractivity contribution is 14.1. The normalized spacial score (nSPS) is 15.8. The number of aryl methyl sites for hydroxylation is 1. The Hall–Kier alpha value is -0.590. The molecule has 1 aromatic rings. The SMILES string of the molecule is Cn1ncc(NC(=O)C2CC2)c1I. The molecular formula is C8H10IN3O. The van der Waals surface area contributed by atoms with Gasteiger partial charge in [-0.15, -0.1) is 0 Å². The van der Waals surface area contributed by atoms with E-state index in [-0.39, 0.29) is 11.8 Å². The number of nitrogens with one attached hydrogen (secondary N) is 1. The Balaban J connectivity index is 2.08. The number of carbonyl (C=O) groups excluding carboxylic acids is 1. The quantitative estimate of drug-likeness (QED) is 0.837. The molecule has 1 aliphatic rings. The molecule has 1 heterocycles. The Labute approximate surface area is 89.8 Å². The van der Waals surface area contributed by atoms with E-state index in [0.29, 0.717) is 0 Å². The highest BCUT2D eigenvalue weighted by Crippen LogP contribution is 2.30. The Bertz CT molecular complexity index is 343. The van der Waals surface area contributed by atoms with Gasteiger partial charge in [-0.2, -0.15) is 5.10 Å². The van der Waals surface area contributed by atoms with Crippen LogP contribution in [0, 0.1) is 9.62 Å². The van der Waals surface area contributed by atoms with Gasteiger partial charge in [-0.1, -0.05) is 0 Å². The molecule has 0 aliphatic heterocycles. The summed E-state index contributed by atoms with van der Waals surface area (Å²) >= 11 is 2.16. The molecule has 1 fully saturated rings. The third kappa shape index (κ3) is 1.84. The molecule has 2 rings (SSSR count). The van der Waals surface area contributed by atoms with E-state index in [2.05, 4.69) is 33.0 Å². The van der Waals surface area contributed by atoms with Crippen molar-refractivity contribution in [3.8, 4) is 0 Å². The van der Waals surface area contributed by atoms with Gasteiger partial charge in [0.15, 0.2) is 0 Å². The molecule has 1 aliphatic carbocycles. The van der Waals surface area contributed by atoms with Crippen LogP contribution in [0.2, 0.25) is 0 Å². The molecule has 1 saturated carbocycles. The van der Waals surface area contributed by atoms with Gasteiger partial charge >= 0.3 is 0 Å². The molecular weight excluding hydrogens is 281 g/mol. The topological polar surface area (TPSA) is 46.9 Å². The first-order valence-electron chi connectivity index (χ1n) is 4.17. The van der Waals surface area contributed by atoms with Gasteiger partial charge in [0.05, 0.1) is 11.9 Å². The molecule has 0 bridgehead atoms. The van der Waals surface area contributed by atoms with Crippen LogP contribution in [0.3, 0.4) is 0 Å². The van der Waals surface area contributed by atoms with Gasteiger partial charge in [0.1, 0.15) is 3.70 Å². The van der Waals surface area contributed by atoms with Crippen LogP contribution in [0.25, 0.3) is 0 Å². The van der Waals surface area contributed by atoms with Crippen LogP contribution in [-0.4, -0.2) is 15.7 Å². The molecule has 1 amide bonds. The third-order valence-corrected chi connectivity index (χ3v) is 3.35. The van der Waals surface area contributed by atoms with Crippen LogP contribution in [0.4, 0.5) is 5.69 Å². The van der Waals surface area contributed by atoms with Crippen molar-refractivity contribution in [2.45, 2.75) is 12.8 Å². The van der Waals surface area contributed by atoms with Crippen molar-refractivity contribution in [1.29, 1.82) is 0 Å². The van der Waals surface area contributed by atoms with Crippen molar-refractivity contribution in [3.63, 3.8) is 0 Å². The molecule has 0 spiro atoms. The van der Waals surface area contributed by atoms with E-state index in [0.717, 1.165) is 22.2 Å². The van der Waals surface area contributed by atoms with E-state index >= 15 is 0 Å². The molecule has 0 unspecified atom stereocenters. The van der Waals surface area contributed by atoms with E-state index in [1.54, 1.807) is 10.9 Å². The summed E-state index contributed by atoms with van der Waals surface area (Å²) in [5, 5.41) is 6.91. The number of rotatable bonds is 2. The van der Waals surface area contributed by atoms with Crippen LogP contribution in [0.1, 0.15) is 12.8 Å². The lowest BCUT2D eigenvalue weighted by Gasteiger charge is -2.01. The van der Waals surface area contributed by atoms with Crippen LogP contribution in [-0.2, 0) is 11.8 Å². The Morgan fingerprint density at radius 2 is 2.46 bits per heavy atom. The number of amides is 1. The molecule has 13 heavy (non-hydrogen) atoms. The van der Waals surface area contributed by atoms with Crippen LogP contribution < -0.4 is 5.32 Å². The van der Waals surface area contributed by atoms with Gasteiger partial charge in [-0.3, -0.25) is 9.48 Å². The van der Waals surface area contributed by atoms with Gasteiger partial charge in [-0.25, -0.2) is 0 Å². The molecule has 0 saturated heterocycles. The average Bonchev–Trinajstić information content (AvgIpc) is 2.89. The van der Waals surface area contributed by atoms with Gasteiger partial charge in [-0.05, 0) is 35.4 Å². The summed E-state index contributed by atoms with van der Waals surface area (Å²) in [6.07, 6.45) is 3.74. The summed E-state index contributed by atoms with van der Waals surface area (Å²) in [7, 11) is 1.86. The van der Waals surface area contributed by atoms with Gasteiger partial charge in [0, 0.05) is 13.0 Å². The summed E-state index contributed by atoms with van der Waals surface area (Å²) in [5.74, 6) is 0.377. The number of carbonyl (C=O) groups is 1. The summed E-state index contributed by atoms with van der Waals surface area (Å²) in [5.41, 5.74) is 0.819. The molecule has 4 nitrogen and oxygen atoms in total. The van der Waals surface area contributed by atoms with Crippen LogP contribution >= 0.6 is 22.6 Å². The maximum absolute atomic E-state index is 11.4. The second kappa shape index (κ2) is 3.28. The minimum atomic E-state index is 0.130. The lowest BCUT2D eigenvalue weighted by Crippen LogP contribution is -2.13. The van der Waals surface area contributed by atoms with Crippen molar-refractivity contribution in [2.24, 2.45) is 13.0 Å². The number of halogens is 1. The first-order chi connectivity index (χ1) is 6.18. The second-order valence-corrected chi connectivity index (χ2v) is 4.26. The summed E-state index contributed by atoms with van der Waals surface area (Å²) in [4.78, 5) is 11.4. The maximum Gasteiger partial charge on any atom is 0.227 e. The highest BCUT2D eigenvalue weighted by Gasteiger charge is 2.30. The predicted molar refractivity (Wildman–Crippen MR) is 57.3 cm³/mol. The smallest absolute Gasteiger partial charge is 0.227 e. The molecule has 70 valence electrons. The van der Waals surface area contributed by atoms with Crippen molar-refractivity contribution in [3.05, 3.63) is 9.90 Å². The molecule has 1 aromatic heterocycles.